The van der Waals surface area contributed by atoms with E-state index >= 15 is 0 Å². The quantitative estimate of drug-likeness (QED) is 0.355. The molecule has 0 aliphatic carbocycles. The normalized spacial score (nSPS) is 11.1. The smallest absolute Gasteiger partial charge is 0.168 e. The summed E-state index contributed by atoms with van der Waals surface area (Å²) in [4.78, 5) is 4.30. The number of hydrogen-bond donors (Lipinski definition) is 0. The molecule has 1 aromatic rings. The number of methoxy groups -OCH3 is 1. The molecule has 0 spiro atoms. The van der Waals surface area contributed by atoms with Crippen LogP contribution in [0, 0.1) is 0 Å². The Morgan fingerprint density at radius 1 is 1.21 bits per heavy atom. The number of nitrogens with zero attached hydrogens (tertiary/aromatic N) is 2. The van der Waals surface area contributed by atoms with Crippen molar-refractivity contribution in [2.75, 3.05) is 45.9 Å². The molecule has 5 nitrogen and oxygen atoms in total. The molecule has 0 aliphatic rings. The molecular weight excluding hydrogens is 288 g/mol. The molecule has 0 atom stereocenters. The van der Waals surface area contributed by atoms with E-state index in [1.807, 2.05) is 11.6 Å². The van der Waals surface area contributed by atoms with Crippen molar-refractivity contribution < 1.29 is 14.2 Å². The van der Waals surface area contributed by atoms with Crippen LogP contribution in [0.3, 0.4) is 0 Å². The highest BCUT2D eigenvalue weighted by molar-refractivity contribution is 7.99. The van der Waals surface area contributed by atoms with Crippen molar-refractivity contribution in [2.24, 2.45) is 7.05 Å². The lowest BCUT2D eigenvalue weighted by atomic mass is 10.5. The molecule has 0 aliphatic heterocycles. The average molecular weight is 309 g/mol. The van der Waals surface area contributed by atoms with Crippen LogP contribution in [0.4, 0.5) is 0 Å². The molecule has 1 aromatic heterocycles. The van der Waals surface area contributed by atoms with E-state index in [1.54, 1.807) is 25.1 Å². The van der Waals surface area contributed by atoms with Gasteiger partial charge >= 0.3 is 0 Å². The molecule has 0 N–H and O–H groups in total. The summed E-state index contributed by atoms with van der Waals surface area (Å²) in [5.74, 6) is 1.35. The Kier molecular flexibility index (Phi) is 9.28. The third-order valence-electron chi connectivity index (χ3n) is 2.44. The lowest BCUT2D eigenvalue weighted by Crippen LogP contribution is -2.09. The number of ether oxygens (including phenoxy) is 3. The maximum atomic E-state index is 5.78. The van der Waals surface area contributed by atoms with E-state index in [4.69, 9.17) is 25.8 Å². The van der Waals surface area contributed by atoms with E-state index in [9.17, 15) is 0 Å². The Morgan fingerprint density at radius 2 is 1.89 bits per heavy atom. The molecule has 0 bridgehead atoms. The van der Waals surface area contributed by atoms with Gasteiger partial charge in [-0.2, -0.15) is 0 Å². The van der Waals surface area contributed by atoms with Crippen molar-refractivity contribution in [3.05, 3.63) is 11.9 Å². The Hall–Kier alpha value is -0.270. The van der Waals surface area contributed by atoms with Gasteiger partial charge < -0.3 is 18.8 Å². The van der Waals surface area contributed by atoms with Crippen molar-refractivity contribution in [2.45, 2.75) is 11.0 Å². The number of alkyl halides is 1. The first-order chi connectivity index (χ1) is 9.29. The topological polar surface area (TPSA) is 45.5 Å². The van der Waals surface area contributed by atoms with E-state index in [-0.39, 0.29) is 0 Å². The predicted molar refractivity (Wildman–Crippen MR) is 77.0 cm³/mol. The summed E-state index contributed by atoms with van der Waals surface area (Å²) in [6.45, 7) is 3.13. The fourth-order valence-electron chi connectivity index (χ4n) is 1.34. The number of thioether (sulfide) groups is 1. The zero-order valence-electron chi connectivity index (χ0n) is 11.4. The minimum atomic E-state index is 0.485. The SMILES string of the molecule is COCCOCCOCCSc1ncc(CCl)n1C. The van der Waals surface area contributed by atoms with Gasteiger partial charge in [-0.25, -0.2) is 4.98 Å². The Balaban J connectivity index is 2.00. The minimum Gasteiger partial charge on any atom is -0.382 e. The minimum absolute atomic E-state index is 0.485. The van der Waals surface area contributed by atoms with Crippen LogP contribution >= 0.6 is 23.4 Å². The summed E-state index contributed by atoms with van der Waals surface area (Å²) in [5, 5.41) is 0.968. The van der Waals surface area contributed by atoms with Crippen LogP contribution < -0.4 is 0 Å². The van der Waals surface area contributed by atoms with Gasteiger partial charge in [0.2, 0.25) is 0 Å². The number of aromatic nitrogens is 2. The van der Waals surface area contributed by atoms with Gasteiger partial charge in [0, 0.05) is 19.9 Å². The Labute approximate surface area is 123 Å². The van der Waals surface area contributed by atoms with Crippen LogP contribution in [0.25, 0.3) is 0 Å². The molecule has 0 radical (unpaired) electrons. The van der Waals surface area contributed by atoms with Crippen molar-refractivity contribution in [1.82, 2.24) is 9.55 Å². The van der Waals surface area contributed by atoms with E-state index in [2.05, 4.69) is 4.98 Å². The van der Waals surface area contributed by atoms with E-state index in [0.717, 1.165) is 16.6 Å². The second-order valence-corrected chi connectivity index (χ2v) is 5.12. The van der Waals surface area contributed by atoms with Gasteiger partial charge in [-0.3, -0.25) is 0 Å². The van der Waals surface area contributed by atoms with Crippen LogP contribution in [-0.4, -0.2) is 55.4 Å². The summed E-state index contributed by atoms with van der Waals surface area (Å²) in [5.41, 5.74) is 1.02. The first-order valence-corrected chi connectivity index (χ1v) is 7.65. The molecule has 0 saturated heterocycles. The first-order valence-electron chi connectivity index (χ1n) is 6.13. The lowest BCUT2D eigenvalue weighted by Gasteiger charge is -2.06. The molecule has 0 fully saturated rings. The molecule has 19 heavy (non-hydrogen) atoms. The van der Waals surface area contributed by atoms with E-state index < -0.39 is 0 Å². The van der Waals surface area contributed by atoms with Crippen LogP contribution in [0.1, 0.15) is 5.69 Å². The average Bonchev–Trinajstić information content (AvgIpc) is 2.78. The second-order valence-electron chi connectivity index (χ2n) is 3.79. The predicted octanol–water partition coefficient (Wildman–Crippen LogP) is 1.93. The molecule has 110 valence electrons. The highest BCUT2D eigenvalue weighted by Crippen LogP contribution is 2.17. The number of halogens is 1. The van der Waals surface area contributed by atoms with Crippen molar-refractivity contribution in [3.8, 4) is 0 Å². The third kappa shape index (κ3) is 6.63. The Morgan fingerprint density at radius 3 is 2.53 bits per heavy atom. The number of rotatable bonds is 11. The molecule has 0 amide bonds. The summed E-state index contributed by atoms with van der Waals surface area (Å²) in [6.07, 6.45) is 1.81. The van der Waals surface area contributed by atoms with Crippen molar-refractivity contribution >= 4 is 23.4 Å². The summed E-state index contributed by atoms with van der Waals surface area (Å²) in [7, 11) is 3.63. The maximum absolute atomic E-state index is 5.78. The molecule has 1 rings (SSSR count). The van der Waals surface area contributed by atoms with Gasteiger partial charge in [-0.05, 0) is 0 Å². The lowest BCUT2D eigenvalue weighted by molar-refractivity contribution is 0.0286. The van der Waals surface area contributed by atoms with Crippen molar-refractivity contribution in [3.63, 3.8) is 0 Å². The van der Waals surface area contributed by atoms with Crippen LogP contribution in [0.5, 0.6) is 0 Å². The van der Waals surface area contributed by atoms with Crippen LogP contribution in [0.2, 0.25) is 0 Å². The van der Waals surface area contributed by atoms with E-state index in [0.29, 0.717) is 38.9 Å². The standard InChI is InChI=1S/C12H21ClN2O3S/c1-15-11(9-13)10-14-12(15)19-8-7-18-6-5-17-4-3-16-2/h10H,3-9H2,1-2H3. The Bertz CT molecular complexity index is 350. The van der Waals surface area contributed by atoms with Gasteiger partial charge in [0.05, 0.1) is 50.8 Å². The van der Waals surface area contributed by atoms with Crippen molar-refractivity contribution in [1.29, 1.82) is 0 Å². The molecule has 0 saturated carbocycles. The number of hydrogen-bond acceptors (Lipinski definition) is 5. The van der Waals surface area contributed by atoms with Gasteiger partial charge in [0.1, 0.15) is 0 Å². The monoisotopic (exact) mass is 308 g/mol. The highest BCUT2D eigenvalue weighted by atomic mass is 35.5. The summed E-state index contributed by atoms with van der Waals surface area (Å²) >= 11 is 7.45. The van der Waals surface area contributed by atoms with Gasteiger partial charge in [-0.1, -0.05) is 11.8 Å². The summed E-state index contributed by atoms with van der Waals surface area (Å²) in [6, 6.07) is 0. The van der Waals surface area contributed by atoms with E-state index in [1.165, 1.54) is 0 Å². The molecule has 7 heteroatoms. The molecule has 0 unspecified atom stereocenters. The molecule has 0 aromatic carbocycles. The molecular formula is C12H21ClN2O3S. The highest BCUT2D eigenvalue weighted by Gasteiger charge is 2.05. The zero-order valence-corrected chi connectivity index (χ0v) is 13.0. The zero-order chi connectivity index (χ0) is 13.9. The largest absolute Gasteiger partial charge is 0.382 e. The molecule has 1 heterocycles. The third-order valence-corrected chi connectivity index (χ3v) is 3.72. The van der Waals surface area contributed by atoms with Gasteiger partial charge in [0.25, 0.3) is 0 Å². The van der Waals surface area contributed by atoms with Gasteiger partial charge in [-0.15, -0.1) is 11.6 Å². The second kappa shape index (κ2) is 10.5. The summed E-state index contributed by atoms with van der Waals surface area (Å²) < 4.78 is 17.6. The number of imidazole rings is 1. The fourth-order valence-corrected chi connectivity index (χ4v) is 2.41. The first kappa shape index (κ1) is 16.8. The van der Waals surface area contributed by atoms with Crippen LogP contribution in [-0.2, 0) is 27.1 Å². The fraction of sp³-hybridized carbons (Fsp3) is 0.750. The maximum Gasteiger partial charge on any atom is 0.168 e. The van der Waals surface area contributed by atoms with Crippen LogP contribution in [0.15, 0.2) is 11.4 Å². The van der Waals surface area contributed by atoms with Gasteiger partial charge in [0.15, 0.2) is 5.16 Å².